The summed E-state index contributed by atoms with van der Waals surface area (Å²) in [5.74, 6) is 0. The fourth-order valence-corrected chi connectivity index (χ4v) is 2.40. The molecule has 0 fully saturated rings. The van der Waals surface area contributed by atoms with E-state index >= 15 is 0 Å². The number of rotatable bonds is 3. The summed E-state index contributed by atoms with van der Waals surface area (Å²) in [6.07, 6.45) is 4.25. The molecule has 2 rings (SSSR count). The summed E-state index contributed by atoms with van der Waals surface area (Å²) in [4.78, 5) is 0. The largest absolute Gasteiger partial charge is 0.350 e. The van der Waals surface area contributed by atoms with E-state index in [1.807, 2.05) is 6.07 Å². The first kappa shape index (κ1) is 11.5. The molecule has 0 amide bonds. The van der Waals surface area contributed by atoms with Gasteiger partial charge in [0.25, 0.3) is 0 Å². The second-order valence-electron chi connectivity index (χ2n) is 4.23. The SMILES string of the molecule is Cc1c(Cl)ccc2c(CCCN)cn(C)c12. The van der Waals surface area contributed by atoms with Crippen LogP contribution in [-0.4, -0.2) is 11.1 Å². The Bertz CT molecular complexity index is 514. The van der Waals surface area contributed by atoms with Gasteiger partial charge in [-0.05, 0) is 43.5 Å². The van der Waals surface area contributed by atoms with Gasteiger partial charge in [-0.25, -0.2) is 0 Å². The van der Waals surface area contributed by atoms with Crippen molar-refractivity contribution in [3.63, 3.8) is 0 Å². The van der Waals surface area contributed by atoms with Gasteiger partial charge in [0, 0.05) is 23.7 Å². The van der Waals surface area contributed by atoms with Crippen LogP contribution in [-0.2, 0) is 13.5 Å². The molecule has 0 unspecified atom stereocenters. The minimum absolute atomic E-state index is 0.739. The predicted octanol–water partition coefficient (Wildman–Crippen LogP) is 3.03. The third-order valence-corrected chi connectivity index (χ3v) is 3.47. The van der Waals surface area contributed by atoms with Gasteiger partial charge in [0.2, 0.25) is 0 Å². The third kappa shape index (κ3) is 1.83. The van der Waals surface area contributed by atoms with E-state index in [-0.39, 0.29) is 0 Å². The molecule has 0 saturated carbocycles. The lowest BCUT2D eigenvalue weighted by molar-refractivity contribution is 0.830. The summed E-state index contributed by atoms with van der Waals surface area (Å²) >= 11 is 6.14. The molecule has 2 nitrogen and oxygen atoms in total. The molecule has 3 heteroatoms. The van der Waals surface area contributed by atoms with Crippen LogP contribution in [0.1, 0.15) is 17.5 Å². The van der Waals surface area contributed by atoms with E-state index in [2.05, 4.69) is 30.8 Å². The van der Waals surface area contributed by atoms with Gasteiger partial charge in [-0.3, -0.25) is 0 Å². The van der Waals surface area contributed by atoms with Crippen LogP contribution in [0.25, 0.3) is 10.9 Å². The van der Waals surface area contributed by atoms with Crippen LogP contribution in [0.3, 0.4) is 0 Å². The molecule has 1 heterocycles. The summed E-state index contributed by atoms with van der Waals surface area (Å²) in [5.41, 5.74) is 9.31. The van der Waals surface area contributed by atoms with Crippen molar-refractivity contribution in [2.45, 2.75) is 19.8 Å². The fourth-order valence-electron chi connectivity index (χ4n) is 2.25. The van der Waals surface area contributed by atoms with Gasteiger partial charge in [-0.15, -0.1) is 0 Å². The van der Waals surface area contributed by atoms with E-state index in [9.17, 15) is 0 Å². The number of fused-ring (bicyclic) bond motifs is 1. The number of nitrogens with two attached hydrogens (primary N) is 1. The van der Waals surface area contributed by atoms with Crippen LogP contribution < -0.4 is 5.73 Å². The lowest BCUT2D eigenvalue weighted by Crippen LogP contribution is -1.99. The van der Waals surface area contributed by atoms with Gasteiger partial charge in [0.15, 0.2) is 0 Å². The lowest BCUT2D eigenvalue weighted by atomic mass is 10.1. The molecule has 1 aromatic carbocycles. The molecule has 0 radical (unpaired) electrons. The van der Waals surface area contributed by atoms with Crippen molar-refractivity contribution in [2.24, 2.45) is 12.8 Å². The minimum Gasteiger partial charge on any atom is -0.350 e. The molecule has 2 N–H and O–H groups in total. The van der Waals surface area contributed by atoms with E-state index in [4.69, 9.17) is 17.3 Å². The standard InChI is InChI=1S/C13H17ClN2/c1-9-12(14)6-5-11-10(4-3-7-15)8-16(2)13(9)11/h5-6,8H,3-4,7,15H2,1-2H3. The molecular weight excluding hydrogens is 220 g/mol. The van der Waals surface area contributed by atoms with E-state index < -0.39 is 0 Å². The number of nitrogens with zero attached hydrogens (tertiary/aromatic N) is 1. The first-order valence-corrected chi connectivity index (χ1v) is 5.96. The van der Waals surface area contributed by atoms with Crippen molar-refractivity contribution < 1.29 is 0 Å². The average Bonchev–Trinajstić information content (AvgIpc) is 2.58. The van der Waals surface area contributed by atoms with E-state index in [0.717, 1.165) is 30.0 Å². The van der Waals surface area contributed by atoms with Gasteiger partial charge < -0.3 is 10.3 Å². The predicted molar refractivity (Wildman–Crippen MR) is 70.0 cm³/mol. The van der Waals surface area contributed by atoms with Gasteiger partial charge in [0.05, 0.1) is 5.52 Å². The van der Waals surface area contributed by atoms with Crippen LogP contribution >= 0.6 is 11.6 Å². The van der Waals surface area contributed by atoms with Crippen LogP contribution in [0, 0.1) is 6.92 Å². The average molecular weight is 237 g/mol. The Kier molecular flexibility index (Phi) is 3.22. The number of benzene rings is 1. The zero-order chi connectivity index (χ0) is 11.7. The van der Waals surface area contributed by atoms with Gasteiger partial charge in [0.1, 0.15) is 0 Å². The second kappa shape index (κ2) is 4.48. The minimum atomic E-state index is 0.739. The van der Waals surface area contributed by atoms with E-state index in [0.29, 0.717) is 0 Å². The molecule has 86 valence electrons. The summed E-state index contributed by atoms with van der Waals surface area (Å²) in [6, 6.07) is 4.09. The molecule has 16 heavy (non-hydrogen) atoms. The Hall–Kier alpha value is -0.990. The van der Waals surface area contributed by atoms with E-state index in [1.165, 1.54) is 16.5 Å². The smallest absolute Gasteiger partial charge is 0.0525 e. The monoisotopic (exact) mass is 236 g/mol. The highest BCUT2D eigenvalue weighted by atomic mass is 35.5. The summed E-state index contributed by atoms with van der Waals surface area (Å²) < 4.78 is 2.16. The van der Waals surface area contributed by atoms with Crippen molar-refractivity contribution in [3.05, 3.63) is 34.5 Å². The number of halogens is 1. The van der Waals surface area contributed by atoms with E-state index in [1.54, 1.807) is 0 Å². The highest BCUT2D eigenvalue weighted by Crippen LogP contribution is 2.29. The lowest BCUT2D eigenvalue weighted by Gasteiger charge is -2.03. The Balaban J connectivity index is 2.58. The molecule has 0 spiro atoms. The molecule has 1 aromatic heterocycles. The van der Waals surface area contributed by atoms with Crippen LogP contribution in [0.5, 0.6) is 0 Å². The zero-order valence-electron chi connectivity index (χ0n) is 9.76. The van der Waals surface area contributed by atoms with Crippen molar-refractivity contribution >= 4 is 22.5 Å². The summed E-state index contributed by atoms with van der Waals surface area (Å²) in [7, 11) is 2.07. The zero-order valence-corrected chi connectivity index (χ0v) is 10.5. The maximum absolute atomic E-state index is 6.14. The molecule has 0 bridgehead atoms. The number of hydrogen-bond acceptors (Lipinski definition) is 1. The molecule has 0 aliphatic carbocycles. The topological polar surface area (TPSA) is 30.9 Å². The fraction of sp³-hybridized carbons (Fsp3) is 0.385. The molecule has 0 aliphatic heterocycles. The first-order chi connectivity index (χ1) is 7.65. The maximum atomic E-state index is 6.14. The highest BCUT2D eigenvalue weighted by Gasteiger charge is 2.10. The first-order valence-electron chi connectivity index (χ1n) is 5.58. The molecule has 0 atom stereocenters. The van der Waals surface area contributed by atoms with Gasteiger partial charge in [-0.1, -0.05) is 17.7 Å². The second-order valence-corrected chi connectivity index (χ2v) is 4.63. The van der Waals surface area contributed by atoms with Crippen LogP contribution in [0.15, 0.2) is 18.3 Å². The summed E-state index contributed by atoms with van der Waals surface area (Å²) in [6.45, 7) is 2.81. The normalized spacial score (nSPS) is 11.2. The Morgan fingerprint density at radius 3 is 2.81 bits per heavy atom. The van der Waals surface area contributed by atoms with Gasteiger partial charge in [-0.2, -0.15) is 0 Å². The number of hydrogen-bond donors (Lipinski definition) is 1. The quantitative estimate of drug-likeness (QED) is 0.873. The molecule has 0 saturated heterocycles. The van der Waals surface area contributed by atoms with Crippen LogP contribution in [0.4, 0.5) is 0 Å². The van der Waals surface area contributed by atoms with Crippen molar-refractivity contribution in [1.29, 1.82) is 0 Å². The van der Waals surface area contributed by atoms with Crippen molar-refractivity contribution in [1.82, 2.24) is 4.57 Å². The third-order valence-electron chi connectivity index (χ3n) is 3.06. The molecular formula is C13H17ClN2. The molecule has 0 aliphatic rings. The molecule has 2 aromatic rings. The van der Waals surface area contributed by atoms with Crippen molar-refractivity contribution in [2.75, 3.05) is 6.54 Å². The number of aromatic nitrogens is 1. The Morgan fingerprint density at radius 1 is 1.38 bits per heavy atom. The number of aryl methyl sites for hydroxylation is 3. The Labute approximate surface area is 101 Å². The summed E-state index contributed by atoms with van der Waals surface area (Å²) in [5, 5.41) is 2.14. The van der Waals surface area contributed by atoms with Crippen LogP contribution in [0.2, 0.25) is 5.02 Å². The maximum Gasteiger partial charge on any atom is 0.0525 e. The van der Waals surface area contributed by atoms with Crippen molar-refractivity contribution in [3.8, 4) is 0 Å². The van der Waals surface area contributed by atoms with Gasteiger partial charge >= 0.3 is 0 Å². The Morgan fingerprint density at radius 2 is 2.12 bits per heavy atom. The highest BCUT2D eigenvalue weighted by molar-refractivity contribution is 6.32.